The van der Waals surface area contributed by atoms with Crippen LogP contribution in [0.4, 0.5) is 20.2 Å². The standard InChI is InChI=1S/C33H30ClF2N5O4/c1-39-12-9-18-15-24(33(43)19-13-21(35)29(22(36)14-19)38-27(42)8-5-10-34)41-11-6-7-20(31(18)41)28-25(45-4)16-23-30(32(28)39)37-26(17-44-3)40(23)2/h5-8,11,13-16H,9-10,12,17H2,1-4H3,(H,38,42)/b8-5+. The quantitative estimate of drug-likeness (QED) is 0.130. The molecule has 4 heterocycles. The van der Waals surface area contributed by atoms with Gasteiger partial charge in [0.05, 0.1) is 35.1 Å². The number of aromatic nitrogens is 3. The van der Waals surface area contributed by atoms with Gasteiger partial charge in [0.1, 0.15) is 41.0 Å². The number of methoxy groups -OCH3 is 2. The SMILES string of the molecule is COCc1nc2c3c(c(OC)cc2n1C)-c1cccn2c(C(=O)c4cc(F)c(NC(=O)/C=C/CCl)c(F)c4)cc(c12)CCN3C. The fourth-order valence-corrected chi connectivity index (χ4v) is 6.07. The number of imidazole rings is 1. The van der Waals surface area contributed by atoms with Crippen LogP contribution < -0.4 is 15.0 Å². The number of alkyl halides is 1. The van der Waals surface area contributed by atoms with E-state index >= 15 is 8.78 Å². The molecular weight excluding hydrogens is 604 g/mol. The molecule has 0 atom stereocenters. The Morgan fingerprint density at radius 3 is 2.58 bits per heavy atom. The Labute approximate surface area is 262 Å². The van der Waals surface area contributed by atoms with Crippen molar-refractivity contribution in [2.45, 2.75) is 13.0 Å². The number of nitrogens with zero attached hydrogens (tertiary/aromatic N) is 4. The molecule has 1 amide bonds. The molecule has 12 heteroatoms. The third-order valence-electron chi connectivity index (χ3n) is 8.08. The van der Waals surface area contributed by atoms with Crippen LogP contribution in [0.1, 0.15) is 27.4 Å². The van der Waals surface area contributed by atoms with Crippen LogP contribution in [-0.2, 0) is 29.6 Å². The molecule has 0 radical (unpaired) electrons. The van der Waals surface area contributed by atoms with Gasteiger partial charge in [-0.25, -0.2) is 13.8 Å². The fourth-order valence-electron chi connectivity index (χ4n) is 5.98. The largest absolute Gasteiger partial charge is 0.496 e. The van der Waals surface area contributed by atoms with Crippen molar-refractivity contribution in [1.82, 2.24) is 14.0 Å². The minimum Gasteiger partial charge on any atom is -0.496 e. The number of hydrogen-bond donors (Lipinski definition) is 1. The Balaban J connectivity index is 1.51. The van der Waals surface area contributed by atoms with Crippen molar-refractivity contribution in [3.8, 4) is 16.9 Å². The van der Waals surface area contributed by atoms with Gasteiger partial charge >= 0.3 is 0 Å². The summed E-state index contributed by atoms with van der Waals surface area (Å²) in [4.78, 5) is 32.9. The molecule has 232 valence electrons. The van der Waals surface area contributed by atoms with Gasteiger partial charge in [-0.1, -0.05) is 12.1 Å². The number of likely N-dealkylation sites (N-methyl/N-ethyl adjacent to an activating group) is 1. The predicted octanol–water partition coefficient (Wildman–Crippen LogP) is 5.88. The van der Waals surface area contributed by atoms with E-state index < -0.39 is 29.0 Å². The lowest BCUT2D eigenvalue weighted by Crippen LogP contribution is -2.23. The minimum absolute atomic E-state index is 0.0677. The number of allylic oxidation sites excluding steroid dienone is 1. The Hall–Kier alpha value is -4.74. The number of carbonyl (C=O) groups is 2. The number of halogens is 3. The first-order chi connectivity index (χ1) is 21.7. The van der Waals surface area contributed by atoms with Gasteiger partial charge in [-0.2, -0.15) is 0 Å². The van der Waals surface area contributed by atoms with Crippen molar-refractivity contribution < 1.29 is 27.8 Å². The number of amides is 1. The van der Waals surface area contributed by atoms with Crippen LogP contribution in [0.25, 0.3) is 27.7 Å². The van der Waals surface area contributed by atoms with Gasteiger partial charge in [0.25, 0.3) is 0 Å². The maximum Gasteiger partial charge on any atom is 0.248 e. The predicted molar refractivity (Wildman–Crippen MR) is 170 cm³/mol. The summed E-state index contributed by atoms with van der Waals surface area (Å²) >= 11 is 5.53. The van der Waals surface area contributed by atoms with Crippen LogP contribution in [0.3, 0.4) is 0 Å². The lowest BCUT2D eigenvalue weighted by atomic mass is 9.96. The first-order valence-electron chi connectivity index (χ1n) is 14.1. The van der Waals surface area contributed by atoms with Crippen molar-refractivity contribution in [3.05, 3.63) is 89.0 Å². The highest BCUT2D eigenvalue weighted by molar-refractivity contribution is 6.19. The number of carbonyl (C=O) groups excluding carboxylic acids is 2. The Morgan fingerprint density at radius 2 is 1.89 bits per heavy atom. The third kappa shape index (κ3) is 5.11. The molecule has 0 aliphatic carbocycles. The third-order valence-corrected chi connectivity index (χ3v) is 8.26. The average Bonchev–Trinajstić information content (AvgIpc) is 3.55. The van der Waals surface area contributed by atoms with Crippen molar-refractivity contribution in [2.24, 2.45) is 7.05 Å². The normalized spacial score (nSPS) is 12.9. The first-order valence-corrected chi connectivity index (χ1v) is 14.7. The van der Waals surface area contributed by atoms with Gasteiger partial charge in [-0.05, 0) is 36.2 Å². The molecule has 1 aliphatic rings. The molecule has 0 bridgehead atoms. The van der Waals surface area contributed by atoms with Crippen molar-refractivity contribution in [1.29, 1.82) is 0 Å². The average molecular weight is 634 g/mol. The van der Waals surface area contributed by atoms with Gasteiger partial charge in [0, 0.05) is 63.1 Å². The summed E-state index contributed by atoms with van der Waals surface area (Å²) in [6.07, 6.45) is 4.76. The van der Waals surface area contributed by atoms with Crippen molar-refractivity contribution in [3.63, 3.8) is 0 Å². The lowest BCUT2D eigenvalue weighted by Gasteiger charge is -2.27. The molecule has 3 aromatic heterocycles. The number of benzene rings is 2. The number of nitrogens with one attached hydrogen (secondary N) is 1. The molecule has 2 aromatic carbocycles. The monoisotopic (exact) mass is 633 g/mol. The summed E-state index contributed by atoms with van der Waals surface area (Å²) < 4.78 is 45.1. The van der Waals surface area contributed by atoms with E-state index in [4.69, 9.17) is 26.1 Å². The second-order valence-corrected chi connectivity index (χ2v) is 11.1. The van der Waals surface area contributed by atoms with E-state index in [0.717, 1.165) is 63.0 Å². The number of fused-ring (bicyclic) bond motifs is 4. The second-order valence-electron chi connectivity index (χ2n) is 10.7. The Morgan fingerprint density at radius 1 is 1.13 bits per heavy atom. The number of anilines is 2. The highest BCUT2D eigenvalue weighted by Gasteiger charge is 2.29. The highest BCUT2D eigenvalue weighted by atomic mass is 35.5. The molecule has 6 rings (SSSR count). The van der Waals surface area contributed by atoms with E-state index in [-0.39, 0.29) is 17.1 Å². The van der Waals surface area contributed by atoms with Gasteiger partial charge < -0.3 is 28.7 Å². The molecule has 0 spiro atoms. The zero-order valence-corrected chi connectivity index (χ0v) is 25.8. The molecule has 0 saturated carbocycles. The van der Waals surface area contributed by atoms with Gasteiger partial charge in [-0.15, -0.1) is 11.6 Å². The second kappa shape index (κ2) is 12.0. The molecule has 1 N–H and O–H groups in total. The van der Waals surface area contributed by atoms with Crippen molar-refractivity contribution in [2.75, 3.05) is 43.9 Å². The first kappa shape index (κ1) is 30.3. The van der Waals surface area contributed by atoms with E-state index in [0.29, 0.717) is 25.3 Å². The van der Waals surface area contributed by atoms with Crippen LogP contribution in [0, 0.1) is 11.6 Å². The summed E-state index contributed by atoms with van der Waals surface area (Å²) in [5.74, 6) is -1.99. The molecule has 45 heavy (non-hydrogen) atoms. The highest BCUT2D eigenvalue weighted by Crippen LogP contribution is 2.47. The zero-order valence-electron chi connectivity index (χ0n) is 25.1. The fraction of sp³-hybridized carbons (Fsp3) is 0.242. The molecule has 1 aliphatic heterocycles. The van der Waals surface area contributed by atoms with Crippen LogP contribution in [0.15, 0.2) is 54.7 Å². The number of rotatable bonds is 8. The van der Waals surface area contributed by atoms with E-state index in [1.165, 1.54) is 6.08 Å². The van der Waals surface area contributed by atoms with Gasteiger partial charge in [-0.3, -0.25) is 9.59 Å². The molecule has 0 saturated heterocycles. The minimum atomic E-state index is -1.07. The number of ketones is 1. The molecule has 0 fully saturated rings. The zero-order chi connectivity index (χ0) is 32.0. The maximum atomic E-state index is 15.0. The Bertz CT molecular complexity index is 2010. The van der Waals surface area contributed by atoms with Gasteiger partial charge in [0.15, 0.2) is 0 Å². The summed E-state index contributed by atoms with van der Waals surface area (Å²) in [5.41, 5.74) is 5.31. The summed E-state index contributed by atoms with van der Waals surface area (Å²) in [6.45, 7) is 0.943. The molecule has 0 unspecified atom stereocenters. The van der Waals surface area contributed by atoms with E-state index in [9.17, 15) is 9.59 Å². The van der Waals surface area contributed by atoms with Gasteiger partial charge in [0.2, 0.25) is 11.7 Å². The van der Waals surface area contributed by atoms with E-state index in [1.807, 2.05) is 36.9 Å². The maximum absolute atomic E-state index is 15.0. The Kier molecular flexibility index (Phi) is 8.07. The number of aryl methyl sites for hydroxylation is 1. The van der Waals surface area contributed by atoms with Crippen molar-refractivity contribution >= 4 is 51.2 Å². The summed E-state index contributed by atoms with van der Waals surface area (Å²) in [5, 5.41) is 2.16. The molecule has 5 aromatic rings. The molecule has 9 nitrogen and oxygen atoms in total. The van der Waals surface area contributed by atoms with Crippen LogP contribution >= 0.6 is 11.6 Å². The summed E-state index contributed by atoms with van der Waals surface area (Å²) in [6, 6.07) is 9.36. The van der Waals surface area contributed by atoms with Crippen LogP contribution in [0.5, 0.6) is 5.75 Å². The van der Waals surface area contributed by atoms with E-state index in [1.54, 1.807) is 30.9 Å². The lowest BCUT2D eigenvalue weighted by molar-refractivity contribution is -0.112. The number of ether oxygens (including phenoxy) is 2. The van der Waals surface area contributed by atoms with E-state index in [2.05, 4.69) is 10.2 Å². The van der Waals surface area contributed by atoms with Crippen LogP contribution in [0.2, 0.25) is 0 Å². The summed E-state index contributed by atoms with van der Waals surface area (Å²) in [7, 11) is 7.17. The molecular formula is C33H30ClF2N5O4. The number of pyridine rings is 1. The smallest absolute Gasteiger partial charge is 0.248 e. The number of hydrogen-bond acceptors (Lipinski definition) is 6. The topological polar surface area (TPSA) is 90.1 Å². The van der Waals surface area contributed by atoms with Crippen LogP contribution in [-0.4, -0.2) is 59.3 Å².